The van der Waals surface area contributed by atoms with Crippen molar-refractivity contribution in [1.29, 1.82) is 0 Å². The molecule has 0 spiro atoms. The molecule has 5 aromatic carbocycles. The molecule has 77 heavy (non-hydrogen) atoms. The van der Waals surface area contributed by atoms with Crippen LogP contribution in [0.4, 0.5) is 0 Å². The Morgan fingerprint density at radius 3 is 2.22 bits per heavy atom. The predicted molar refractivity (Wildman–Crippen MR) is 326 cm³/mol. The molecule has 7 aliphatic rings. The number of para-hydroxylation sites is 2. The molecule has 1 aliphatic heterocycles. The first-order valence-corrected chi connectivity index (χ1v) is 29.3. The van der Waals surface area contributed by atoms with E-state index in [1.165, 1.54) is 122 Å². The van der Waals surface area contributed by atoms with Gasteiger partial charge in [-0.05, 0) is 201 Å². The van der Waals surface area contributed by atoms with Gasteiger partial charge in [-0.3, -0.25) is 0 Å². The minimum absolute atomic E-state index is 0.148. The first-order valence-electron chi connectivity index (χ1n) is 28.4. The lowest BCUT2D eigenvalue weighted by molar-refractivity contribution is 0.295. The van der Waals surface area contributed by atoms with Crippen LogP contribution < -0.4 is 0 Å². The summed E-state index contributed by atoms with van der Waals surface area (Å²) >= 11 is 1.90. The van der Waals surface area contributed by atoms with E-state index in [0.717, 1.165) is 83.5 Å². The number of hydrogen-bond donors (Lipinski definition) is 0. The second-order valence-corrected chi connectivity index (χ2v) is 23.2. The summed E-state index contributed by atoms with van der Waals surface area (Å²) in [4.78, 5) is 8.07. The number of aromatic nitrogens is 1. The average Bonchev–Trinajstić information content (AvgIpc) is 3.84. The minimum Gasteiger partial charge on any atom is -0.342 e. The van der Waals surface area contributed by atoms with Gasteiger partial charge in [-0.2, -0.15) is 0 Å². The molecule has 0 radical (unpaired) electrons. The molecule has 2 atom stereocenters. The SMILES string of the molecule is C=C1Sc2cc(-c3ccc(C)c(-c4ccccc4C)c3)ccc2CC(N(C2=CCCC(N(C3=CCCC=C3)C3C=Cc4c(n(-c5ccccc5)c5ccccc45)C3)=C2)C2=CC=C(C3=CC=CCC3)CC2)CC2=C1CCC=C2. The average molecular weight is 1020 g/mol. The summed E-state index contributed by atoms with van der Waals surface area (Å²) in [5.74, 6) is 0. The van der Waals surface area contributed by atoms with Crippen LogP contribution >= 0.6 is 11.8 Å². The van der Waals surface area contributed by atoms with Crippen LogP contribution in [0.5, 0.6) is 0 Å². The quantitative estimate of drug-likeness (QED) is 0.136. The highest BCUT2D eigenvalue weighted by Gasteiger charge is 2.34. The van der Waals surface area contributed by atoms with Crippen molar-refractivity contribution in [3.63, 3.8) is 0 Å². The van der Waals surface area contributed by atoms with Crippen LogP contribution in [0.15, 0.2) is 256 Å². The first kappa shape index (κ1) is 49.1. The van der Waals surface area contributed by atoms with Gasteiger partial charge in [0, 0.05) is 67.4 Å². The third-order valence-corrected chi connectivity index (χ3v) is 18.3. The highest BCUT2D eigenvalue weighted by molar-refractivity contribution is 8.03. The van der Waals surface area contributed by atoms with Gasteiger partial charge in [0.1, 0.15) is 0 Å². The molecule has 2 unspecified atom stereocenters. The van der Waals surface area contributed by atoms with Crippen molar-refractivity contribution in [3.8, 4) is 27.9 Å². The van der Waals surface area contributed by atoms with Crippen LogP contribution in [-0.4, -0.2) is 26.5 Å². The maximum Gasteiger partial charge on any atom is 0.0577 e. The molecular formula is C73H69N3S. The summed E-state index contributed by atoms with van der Waals surface area (Å²) in [6.07, 6.45) is 47.4. The number of rotatable bonds is 10. The third kappa shape index (κ3) is 9.71. The van der Waals surface area contributed by atoms with E-state index >= 15 is 0 Å². The van der Waals surface area contributed by atoms with Gasteiger partial charge in [-0.1, -0.05) is 170 Å². The zero-order valence-corrected chi connectivity index (χ0v) is 45.7. The summed E-state index contributed by atoms with van der Waals surface area (Å²) in [7, 11) is 0. The lowest BCUT2D eigenvalue weighted by atomic mass is 9.87. The Hall–Kier alpha value is -7.53. The van der Waals surface area contributed by atoms with Crippen LogP contribution in [0.3, 0.4) is 0 Å². The van der Waals surface area contributed by atoms with Gasteiger partial charge in [0.25, 0.3) is 0 Å². The van der Waals surface area contributed by atoms with Gasteiger partial charge in [-0.25, -0.2) is 0 Å². The summed E-state index contributed by atoms with van der Waals surface area (Å²) in [5, 5.41) is 1.32. The molecule has 13 rings (SSSR count). The summed E-state index contributed by atoms with van der Waals surface area (Å²) in [5.41, 5.74) is 25.7. The normalized spacial score (nSPS) is 20.1. The standard InChI is InChI=1S/C73H69N3S/c1-50-20-13-15-30-66(50)70-46-55(35-34-51(70)2)56-36-37-58-45-65(44-57-23-14-16-31-67(57)52(3)77-73(58)47-56)75(61-40-38-54(39-41-61)53-21-7-4-8-22-53)63-29-19-28-62(48-63)74(59-24-9-5-10-25-59)64-42-43-69-68-32-17-18-33-71(68)76(72(69)49-64)60-26-11-6-12-27-60/h4,6-7,9,11-15,17-18,20-21,23-27,29-30,32-38,40,42-43,46-48,64-65H,3,5,8,10,16,19,22,28,31,39,41,44-45,49H2,1-2H3. The lowest BCUT2D eigenvalue weighted by Crippen LogP contribution is -2.39. The van der Waals surface area contributed by atoms with Gasteiger partial charge in [-0.15, -0.1) is 0 Å². The van der Waals surface area contributed by atoms with E-state index < -0.39 is 0 Å². The van der Waals surface area contributed by atoms with Crippen molar-refractivity contribution in [3.05, 3.63) is 279 Å². The second kappa shape index (κ2) is 21.5. The fourth-order valence-corrected chi connectivity index (χ4v) is 14.4. The molecule has 0 amide bonds. The zero-order valence-electron chi connectivity index (χ0n) is 44.9. The van der Waals surface area contributed by atoms with Crippen LogP contribution in [0, 0.1) is 13.8 Å². The van der Waals surface area contributed by atoms with Crippen molar-refractivity contribution in [2.45, 2.75) is 114 Å². The Morgan fingerprint density at radius 1 is 0.584 bits per heavy atom. The fraction of sp³-hybridized carbons (Fsp3) is 0.233. The van der Waals surface area contributed by atoms with E-state index in [-0.39, 0.29) is 12.1 Å². The maximum absolute atomic E-state index is 4.87. The molecule has 1 aromatic heterocycles. The fourth-order valence-electron chi connectivity index (χ4n) is 13.3. The summed E-state index contributed by atoms with van der Waals surface area (Å²) in [6.45, 7) is 9.34. The largest absolute Gasteiger partial charge is 0.342 e. The number of thioether (sulfide) groups is 1. The smallest absolute Gasteiger partial charge is 0.0577 e. The predicted octanol–water partition coefficient (Wildman–Crippen LogP) is 19.1. The monoisotopic (exact) mass is 1020 g/mol. The van der Waals surface area contributed by atoms with Gasteiger partial charge in [0.15, 0.2) is 0 Å². The molecule has 4 heteroatoms. The van der Waals surface area contributed by atoms with E-state index in [1.54, 1.807) is 0 Å². The molecule has 0 bridgehead atoms. The topological polar surface area (TPSA) is 11.4 Å². The van der Waals surface area contributed by atoms with Crippen molar-refractivity contribution in [1.82, 2.24) is 14.4 Å². The summed E-state index contributed by atoms with van der Waals surface area (Å²) in [6, 6.07) is 43.4. The number of aryl methyl sites for hydroxylation is 2. The maximum atomic E-state index is 4.87. The first-order chi connectivity index (χ1) is 37.9. The van der Waals surface area contributed by atoms with Crippen LogP contribution in [-0.2, 0) is 12.8 Å². The van der Waals surface area contributed by atoms with Crippen LogP contribution in [0.2, 0.25) is 0 Å². The lowest BCUT2D eigenvalue weighted by Gasteiger charge is -2.42. The number of fused-ring (bicyclic) bond motifs is 4. The van der Waals surface area contributed by atoms with E-state index in [4.69, 9.17) is 6.58 Å². The molecule has 6 aliphatic carbocycles. The highest BCUT2D eigenvalue weighted by Crippen LogP contribution is 2.46. The molecule has 0 saturated carbocycles. The van der Waals surface area contributed by atoms with Crippen LogP contribution in [0.25, 0.3) is 44.9 Å². The third-order valence-electron chi connectivity index (χ3n) is 17.2. The van der Waals surface area contributed by atoms with Gasteiger partial charge < -0.3 is 14.4 Å². The van der Waals surface area contributed by atoms with Crippen molar-refractivity contribution < 1.29 is 0 Å². The van der Waals surface area contributed by atoms with Crippen LogP contribution in [0.1, 0.15) is 98.6 Å². The number of allylic oxidation sites excluding steroid dienone is 17. The van der Waals surface area contributed by atoms with E-state index in [2.05, 4.69) is 229 Å². The summed E-state index contributed by atoms with van der Waals surface area (Å²) < 4.78 is 2.53. The Kier molecular flexibility index (Phi) is 13.7. The van der Waals surface area contributed by atoms with Crippen molar-refractivity contribution >= 4 is 28.7 Å². The van der Waals surface area contributed by atoms with Gasteiger partial charge in [0.2, 0.25) is 0 Å². The molecule has 0 saturated heterocycles. The van der Waals surface area contributed by atoms with E-state index in [9.17, 15) is 0 Å². The highest BCUT2D eigenvalue weighted by atomic mass is 32.2. The number of nitrogens with zero attached hydrogens (tertiary/aromatic N) is 3. The Morgan fingerprint density at radius 2 is 1.38 bits per heavy atom. The molecule has 6 aromatic rings. The number of benzene rings is 5. The molecule has 0 fully saturated rings. The zero-order chi connectivity index (χ0) is 51.8. The Bertz CT molecular complexity index is 3700. The van der Waals surface area contributed by atoms with Crippen molar-refractivity contribution in [2.75, 3.05) is 0 Å². The van der Waals surface area contributed by atoms with E-state index in [0.29, 0.717) is 0 Å². The van der Waals surface area contributed by atoms with E-state index in [1.807, 2.05) is 11.8 Å². The molecule has 382 valence electrons. The molecule has 2 heterocycles. The molecular weight excluding hydrogens is 951 g/mol. The minimum atomic E-state index is 0.148. The van der Waals surface area contributed by atoms with Gasteiger partial charge in [0.05, 0.1) is 11.6 Å². The molecule has 0 N–H and O–H groups in total. The van der Waals surface area contributed by atoms with Gasteiger partial charge >= 0.3 is 0 Å². The Balaban J connectivity index is 0.921. The molecule has 3 nitrogen and oxygen atoms in total. The van der Waals surface area contributed by atoms with Crippen molar-refractivity contribution in [2.24, 2.45) is 0 Å². The number of hydrogen-bond acceptors (Lipinski definition) is 3. The Labute approximate surface area is 461 Å². The second-order valence-electron chi connectivity index (χ2n) is 22.0.